The molecule has 2 rings (SSSR count). The standard InChI is InChI=1S/C16H25N/c1-4-13-6-8-14(9-7-13)16(17)11-5-10-15(2,3)12-16/h6-9H,4-5,10-12,17H2,1-3H3. The first-order valence-corrected chi connectivity index (χ1v) is 6.83. The van der Waals surface area contributed by atoms with Gasteiger partial charge in [-0.1, -0.05) is 51.5 Å². The van der Waals surface area contributed by atoms with E-state index in [0.29, 0.717) is 5.41 Å². The molecule has 1 fully saturated rings. The molecule has 0 aromatic heterocycles. The van der Waals surface area contributed by atoms with Gasteiger partial charge in [-0.3, -0.25) is 0 Å². The minimum Gasteiger partial charge on any atom is -0.321 e. The lowest BCUT2D eigenvalue weighted by molar-refractivity contribution is 0.151. The third-order valence-electron chi connectivity index (χ3n) is 4.21. The maximum atomic E-state index is 6.65. The molecule has 0 spiro atoms. The zero-order valence-corrected chi connectivity index (χ0v) is 11.4. The summed E-state index contributed by atoms with van der Waals surface area (Å²) in [5.74, 6) is 0. The molecule has 1 unspecified atom stereocenters. The van der Waals surface area contributed by atoms with Crippen LogP contribution < -0.4 is 5.73 Å². The Labute approximate surface area is 105 Å². The summed E-state index contributed by atoms with van der Waals surface area (Å²) in [7, 11) is 0. The summed E-state index contributed by atoms with van der Waals surface area (Å²) in [6, 6.07) is 8.93. The molecule has 0 aliphatic heterocycles. The smallest absolute Gasteiger partial charge is 0.0414 e. The summed E-state index contributed by atoms with van der Waals surface area (Å²) in [6.45, 7) is 6.87. The Kier molecular flexibility index (Phi) is 3.31. The van der Waals surface area contributed by atoms with Crippen LogP contribution in [0.25, 0.3) is 0 Å². The monoisotopic (exact) mass is 231 g/mol. The first-order valence-electron chi connectivity index (χ1n) is 6.83. The van der Waals surface area contributed by atoms with Crippen LogP contribution in [0.4, 0.5) is 0 Å². The molecular weight excluding hydrogens is 206 g/mol. The molecule has 1 aromatic rings. The maximum Gasteiger partial charge on any atom is 0.0414 e. The van der Waals surface area contributed by atoms with Gasteiger partial charge in [-0.2, -0.15) is 0 Å². The Morgan fingerprint density at radius 3 is 2.29 bits per heavy atom. The van der Waals surface area contributed by atoms with E-state index >= 15 is 0 Å². The molecule has 1 aromatic carbocycles. The summed E-state index contributed by atoms with van der Waals surface area (Å²) in [6.07, 6.45) is 5.88. The van der Waals surface area contributed by atoms with Crippen molar-refractivity contribution in [3.05, 3.63) is 35.4 Å². The molecule has 0 saturated heterocycles. The van der Waals surface area contributed by atoms with Crippen molar-refractivity contribution in [3.8, 4) is 0 Å². The second-order valence-corrected chi connectivity index (χ2v) is 6.40. The number of rotatable bonds is 2. The van der Waals surface area contributed by atoms with Gasteiger partial charge in [0.05, 0.1) is 0 Å². The van der Waals surface area contributed by atoms with E-state index in [2.05, 4.69) is 45.0 Å². The first-order chi connectivity index (χ1) is 7.95. The fourth-order valence-corrected chi connectivity index (χ4v) is 3.23. The molecule has 0 bridgehead atoms. The molecule has 1 aliphatic rings. The van der Waals surface area contributed by atoms with Gasteiger partial charge in [0.1, 0.15) is 0 Å². The van der Waals surface area contributed by atoms with Crippen molar-refractivity contribution >= 4 is 0 Å². The van der Waals surface area contributed by atoms with Crippen molar-refractivity contribution in [1.29, 1.82) is 0 Å². The van der Waals surface area contributed by atoms with Crippen LogP contribution in [0, 0.1) is 5.41 Å². The Bertz CT molecular complexity index is 377. The molecule has 1 saturated carbocycles. The third kappa shape index (κ3) is 2.71. The first kappa shape index (κ1) is 12.6. The van der Waals surface area contributed by atoms with Crippen molar-refractivity contribution in [2.45, 2.75) is 58.4 Å². The van der Waals surface area contributed by atoms with Crippen LogP contribution in [-0.2, 0) is 12.0 Å². The highest BCUT2D eigenvalue weighted by molar-refractivity contribution is 5.29. The molecular formula is C16H25N. The van der Waals surface area contributed by atoms with E-state index in [4.69, 9.17) is 5.73 Å². The zero-order chi connectivity index (χ0) is 12.5. The normalized spacial score (nSPS) is 28.0. The fraction of sp³-hybridized carbons (Fsp3) is 0.625. The SMILES string of the molecule is CCc1ccc(C2(N)CCCC(C)(C)C2)cc1. The average Bonchev–Trinajstić information content (AvgIpc) is 2.27. The maximum absolute atomic E-state index is 6.65. The summed E-state index contributed by atoms with van der Waals surface area (Å²) in [5, 5.41) is 0. The van der Waals surface area contributed by atoms with E-state index in [1.807, 2.05) is 0 Å². The summed E-state index contributed by atoms with van der Waals surface area (Å²) in [4.78, 5) is 0. The topological polar surface area (TPSA) is 26.0 Å². The van der Waals surface area contributed by atoms with Crippen LogP contribution in [0.15, 0.2) is 24.3 Å². The highest BCUT2D eigenvalue weighted by Crippen LogP contribution is 2.44. The van der Waals surface area contributed by atoms with Crippen molar-refractivity contribution in [2.75, 3.05) is 0 Å². The molecule has 1 nitrogen and oxygen atoms in total. The van der Waals surface area contributed by atoms with Crippen molar-refractivity contribution in [3.63, 3.8) is 0 Å². The van der Waals surface area contributed by atoms with Gasteiger partial charge in [-0.25, -0.2) is 0 Å². The number of hydrogen-bond acceptors (Lipinski definition) is 1. The lowest BCUT2D eigenvalue weighted by Gasteiger charge is -2.43. The average molecular weight is 231 g/mol. The Balaban J connectivity index is 2.24. The van der Waals surface area contributed by atoms with Gasteiger partial charge < -0.3 is 5.73 Å². The number of benzene rings is 1. The zero-order valence-electron chi connectivity index (χ0n) is 11.4. The molecule has 0 radical (unpaired) electrons. The van der Waals surface area contributed by atoms with Crippen molar-refractivity contribution in [2.24, 2.45) is 11.1 Å². The van der Waals surface area contributed by atoms with Crippen LogP contribution in [0.2, 0.25) is 0 Å². The van der Waals surface area contributed by atoms with E-state index in [0.717, 1.165) is 19.3 Å². The summed E-state index contributed by atoms with van der Waals surface area (Å²) < 4.78 is 0. The molecule has 94 valence electrons. The minimum absolute atomic E-state index is 0.103. The van der Waals surface area contributed by atoms with Gasteiger partial charge >= 0.3 is 0 Å². The molecule has 1 aliphatic carbocycles. The van der Waals surface area contributed by atoms with Gasteiger partial charge in [0.2, 0.25) is 0 Å². The van der Waals surface area contributed by atoms with Gasteiger partial charge in [-0.15, -0.1) is 0 Å². The Hall–Kier alpha value is -0.820. The van der Waals surface area contributed by atoms with E-state index in [1.165, 1.54) is 24.0 Å². The highest BCUT2D eigenvalue weighted by atomic mass is 14.8. The molecule has 1 heteroatoms. The van der Waals surface area contributed by atoms with Crippen LogP contribution in [0.1, 0.15) is 57.6 Å². The lowest BCUT2D eigenvalue weighted by Crippen LogP contribution is -2.44. The number of aryl methyl sites for hydroxylation is 1. The molecule has 2 N–H and O–H groups in total. The van der Waals surface area contributed by atoms with Crippen LogP contribution >= 0.6 is 0 Å². The van der Waals surface area contributed by atoms with Crippen molar-refractivity contribution < 1.29 is 0 Å². The molecule has 17 heavy (non-hydrogen) atoms. The van der Waals surface area contributed by atoms with Gasteiger partial charge in [-0.05, 0) is 42.2 Å². The predicted octanol–water partition coefficient (Wildman–Crippen LogP) is 4.00. The van der Waals surface area contributed by atoms with Crippen molar-refractivity contribution in [1.82, 2.24) is 0 Å². The minimum atomic E-state index is -0.103. The summed E-state index contributed by atoms with van der Waals surface area (Å²) in [5.41, 5.74) is 9.65. The highest BCUT2D eigenvalue weighted by Gasteiger charge is 2.38. The molecule has 1 atom stereocenters. The second kappa shape index (κ2) is 4.45. The van der Waals surface area contributed by atoms with E-state index in [1.54, 1.807) is 0 Å². The lowest BCUT2D eigenvalue weighted by atomic mass is 9.66. The summed E-state index contributed by atoms with van der Waals surface area (Å²) >= 11 is 0. The quantitative estimate of drug-likeness (QED) is 0.818. The van der Waals surface area contributed by atoms with Gasteiger partial charge in [0, 0.05) is 5.54 Å². The third-order valence-corrected chi connectivity index (χ3v) is 4.21. The second-order valence-electron chi connectivity index (χ2n) is 6.40. The number of nitrogens with two attached hydrogens (primary N) is 1. The van der Waals surface area contributed by atoms with E-state index < -0.39 is 0 Å². The van der Waals surface area contributed by atoms with Crippen LogP contribution in [-0.4, -0.2) is 0 Å². The van der Waals surface area contributed by atoms with Gasteiger partial charge in [0.15, 0.2) is 0 Å². The number of hydrogen-bond donors (Lipinski definition) is 1. The Morgan fingerprint density at radius 1 is 1.12 bits per heavy atom. The largest absolute Gasteiger partial charge is 0.321 e. The molecule has 0 heterocycles. The predicted molar refractivity (Wildman–Crippen MR) is 73.9 cm³/mol. The molecule has 0 amide bonds. The van der Waals surface area contributed by atoms with Crippen LogP contribution in [0.5, 0.6) is 0 Å². The Morgan fingerprint density at radius 2 is 1.76 bits per heavy atom. The van der Waals surface area contributed by atoms with E-state index in [-0.39, 0.29) is 5.54 Å². The van der Waals surface area contributed by atoms with Gasteiger partial charge in [0.25, 0.3) is 0 Å². The van der Waals surface area contributed by atoms with Crippen LogP contribution in [0.3, 0.4) is 0 Å². The fourth-order valence-electron chi connectivity index (χ4n) is 3.23. The van der Waals surface area contributed by atoms with E-state index in [9.17, 15) is 0 Å².